The van der Waals surface area contributed by atoms with Crippen LogP contribution in [0, 0.1) is 21.4 Å². The van der Waals surface area contributed by atoms with E-state index in [1.54, 1.807) is 6.07 Å². The SMILES string of the molecule is CCC(Br)Cc1ccc([N+](=O)[O-])cc1C#N. The zero-order valence-electron chi connectivity index (χ0n) is 8.81. The van der Waals surface area contributed by atoms with Crippen LogP contribution in [-0.2, 0) is 6.42 Å². The number of rotatable bonds is 4. The first-order valence-corrected chi connectivity index (χ1v) is 5.81. The first-order valence-electron chi connectivity index (χ1n) is 4.90. The highest BCUT2D eigenvalue weighted by Gasteiger charge is 2.12. The van der Waals surface area contributed by atoms with Gasteiger partial charge in [0.1, 0.15) is 0 Å². The lowest BCUT2D eigenvalue weighted by Crippen LogP contribution is -2.03. The molecule has 1 rings (SSSR count). The second-order valence-corrected chi connectivity index (χ2v) is 4.71. The van der Waals surface area contributed by atoms with Crippen molar-refractivity contribution < 1.29 is 4.92 Å². The quantitative estimate of drug-likeness (QED) is 0.484. The van der Waals surface area contributed by atoms with Crippen LogP contribution in [0.25, 0.3) is 0 Å². The molecule has 0 aliphatic rings. The van der Waals surface area contributed by atoms with E-state index in [1.807, 2.05) is 13.0 Å². The summed E-state index contributed by atoms with van der Waals surface area (Å²) in [5, 5.41) is 19.5. The second-order valence-electron chi connectivity index (χ2n) is 3.42. The zero-order chi connectivity index (χ0) is 12.1. The van der Waals surface area contributed by atoms with Gasteiger partial charge in [0.2, 0.25) is 0 Å². The molecule has 1 aromatic rings. The summed E-state index contributed by atoms with van der Waals surface area (Å²) in [5.41, 5.74) is 1.19. The summed E-state index contributed by atoms with van der Waals surface area (Å²) in [6, 6.07) is 6.41. The molecule has 1 aromatic carbocycles. The van der Waals surface area contributed by atoms with E-state index >= 15 is 0 Å². The molecule has 1 atom stereocenters. The van der Waals surface area contributed by atoms with E-state index in [9.17, 15) is 10.1 Å². The van der Waals surface area contributed by atoms with Crippen molar-refractivity contribution >= 4 is 21.6 Å². The maximum absolute atomic E-state index is 10.5. The van der Waals surface area contributed by atoms with Crippen molar-refractivity contribution in [1.29, 1.82) is 5.26 Å². The summed E-state index contributed by atoms with van der Waals surface area (Å²) in [5.74, 6) is 0. The van der Waals surface area contributed by atoms with E-state index in [-0.39, 0.29) is 5.69 Å². The molecule has 0 aliphatic heterocycles. The van der Waals surface area contributed by atoms with Crippen LogP contribution in [0.15, 0.2) is 18.2 Å². The Bertz CT molecular complexity index is 440. The van der Waals surface area contributed by atoms with Crippen molar-refractivity contribution in [2.75, 3.05) is 0 Å². The highest BCUT2D eigenvalue weighted by molar-refractivity contribution is 9.09. The maximum Gasteiger partial charge on any atom is 0.270 e. The minimum atomic E-state index is -0.490. The van der Waals surface area contributed by atoms with Crippen LogP contribution in [0.4, 0.5) is 5.69 Å². The molecule has 0 bridgehead atoms. The number of nitriles is 1. The standard InChI is InChI=1S/C11H11BrN2O2/c1-2-10(12)5-8-3-4-11(14(15)16)6-9(8)7-13/h3-4,6,10H,2,5H2,1H3. The van der Waals surface area contributed by atoms with Gasteiger partial charge in [0, 0.05) is 17.0 Å². The van der Waals surface area contributed by atoms with Gasteiger partial charge in [0.15, 0.2) is 0 Å². The Kier molecular flexibility index (Phi) is 4.44. The van der Waals surface area contributed by atoms with Crippen molar-refractivity contribution in [3.8, 4) is 6.07 Å². The molecule has 4 nitrogen and oxygen atoms in total. The van der Waals surface area contributed by atoms with Crippen LogP contribution in [0.2, 0.25) is 0 Å². The summed E-state index contributed by atoms with van der Waals surface area (Å²) in [6.07, 6.45) is 1.65. The van der Waals surface area contributed by atoms with Crippen molar-refractivity contribution in [1.82, 2.24) is 0 Å². The van der Waals surface area contributed by atoms with Gasteiger partial charge in [-0.3, -0.25) is 10.1 Å². The molecule has 0 amide bonds. The minimum absolute atomic E-state index is 0.0390. The average molecular weight is 283 g/mol. The molecule has 0 N–H and O–H groups in total. The fraction of sp³-hybridized carbons (Fsp3) is 0.364. The van der Waals surface area contributed by atoms with Gasteiger partial charge >= 0.3 is 0 Å². The molecule has 16 heavy (non-hydrogen) atoms. The van der Waals surface area contributed by atoms with Gasteiger partial charge in [0.05, 0.1) is 16.6 Å². The summed E-state index contributed by atoms with van der Waals surface area (Å²) < 4.78 is 0. The molecule has 0 aliphatic carbocycles. The van der Waals surface area contributed by atoms with Gasteiger partial charge in [-0.2, -0.15) is 5.26 Å². The van der Waals surface area contributed by atoms with Crippen molar-refractivity contribution in [2.45, 2.75) is 24.6 Å². The van der Waals surface area contributed by atoms with Gasteiger partial charge in [-0.05, 0) is 18.4 Å². The smallest absolute Gasteiger partial charge is 0.258 e. The van der Waals surface area contributed by atoms with Gasteiger partial charge in [-0.15, -0.1) is 0 Å². The number of benzene rings is 1. The lowest BCUT2D eigenvalue weighted by atomic mass is 10.0. The average Bonchev–Trinajstić information content (AvgIpc) is 2.29. The van der Waals surface area contributed by atoms with Gasteiger partial charge in [-0.25, -0.2) is 0 Å². The Labute approximate surface area is 102 Å². The Balaban J connectivity index is 3.03. The topological polar surface area (TPSA) is 66.9 Å². The van der Waals surface area contributed by atoms with Crippen LogP contribution in [-0.4, -0.2) is 9.75 Å². The third kappa shape index (κ3) is 3.04. The van der Waals surface area contributed by atoms with E-state index < -0.39 is 4.92 Å². The highest BCUT2D eigenvalue weighted by atomic mass is 79.9. The molecule has 0 heterocycles. The lowest BCUT2D eigenvalue weighted by Gasteiger charge is -2.07. The first-order chi connectivity index (χ1) is 7.58. The maximum atomic E-state index is 10.5. The predicted octanol–water partition coefficient (Wildman–Crippen LogP) is 3.18. The number of alkyl halides is 1. The van der Waals surface area contributed by atoms with E-state index in [0.29, 0.717) is 16.8 Å². The number of halogens is 1. The van der Waals surface area contributed by atoms with Gasteiger partial charge in [-0.1, -0.05) is 28.9 Å². The zero-order valence-corrected chi connectivity index (χ0v) is 10.4. The number of nitrogens with zero attached hydrogens (tertiary/aromatic N) is 2. The molecule has 0 aromatic heterocycles. The Hall–Kier alpha value is -1.41. The molecular weight excluding hydrogens is 272 g/mol. The third-order valence-electron chi connectivity index (χ3n) is 2.31. The minimum Gasteiger partial charge on any atom is -0.258 e. The first kappa shape index (κ1) is 12.7. The Morgan fingerprint density at radius 1 is 1.62 bits per heavy atom. The van der Waals surface area contributed by atoms with Crippen LogP contribution in [0.5, 0.6) is 0 Å². The van der Waals surface area contributed by atoms with Crippen molar-refractivity contribution in [3.63, 3.8) is 0 Å². The number of nitro groups is 1. The summed E-state index contributed by atoms with van der Waals surface area (Å²) in [7, 11) is 0. The molecule has 0 saturated carbocycles. The van der Waals surface area contributed by atoms with Gasteiger partial charge in [0.25, 0.3) is 5.69 Å². The number of hydrogen-bond donors (Lipinski definition) is 0. The monoisotopic (exact) mass is 282 g/mol. The highest BCUT2D eigenvalue weighted by Crippen LogP contribution is 2.21. The Morgan fingerprint density at radius 3 is 2.81 bits per heavy atom. The van der Waals surface area contributed by atoms with E-state index in [0.717, 1.165) is 12.0 Å². The molecule has 0 fully saturated rings. The molecule has 0 radical (unpaired) electrons. The molecule has 84 valence electrons. The van der Waals surface area contributed by atoms with E-state index in [2.05, 4.69) is 15.9 Å². The summed E-state index contributed by atoms with van der Waals surface area (Å²) in [6.45, 7) is 2.04. The van der Waals surface area contributed by atoms with Crippen LogP contribution >= 0.6 is 15.9 Å². The summed E-state index contributed by atoms with van der Waals surface area (Å²) in [4.78, 5) is 10.3. The van der Waals surface area contributed by atoms with E-state index in [1.165, 1.54) is 12.1 Å². The normalized spacial score (nSPS) is 11.8. The predicted molar refractivity (Wildman–Crippen MR) is 64.5 cm³/mol. The second kappa shape index (κ2) is 5.61. The third-order valence-corrected chi connectivity index (χ3v) is 3.28. The van der Waals surface area contributed by atoms with Gasteiger partial charge < -0.3 is 0 Å². The fourth-order valence-electron chi connectivity index (χ4n) is 1.34. The fourth-order valence-corrected chi connectivity index (χ4v) is 1.69. The van der Waals surface area contributed by atoms with Crippen LogP contribution in [0.3, 0.4) is 0 Å². The number of non-ortho nitro benzene ring substituents is 1. The van der Waals surface area contributed by atoms with Crippen LogP contribution < -0.4 is 0 Å². The number of nitro benzene ring substituents is 1. The largest absolute Gasteiger partial charge is 0.270 e. The van der Waals surface area contributed by atoms with Crippen molar-refractivity contribution in [3.05, 3.63) is 39.4 Å². The number of hydrogen-bond acceptors (Lipinski definition) is 3. The van der Waals surface area contributed by atoms with Crippen LogP contribution in [0.1, 0.15) is 24.5 Å². The van der Waals surface area contributed by atoms with Crippen molar-refractivity contribution in [2.24, 2.45) is 0 Å². The molecule has 1 unspecified atom stereocenters. The molecule has 0 spiro atoms. The lowest BCUT2D eigenvalue weighted by molar-refractivity contribution is -0.384. The molecule has 0 saturated heterocycles. The summed E-state index contributed by atoms with van der Waals surface area (Å²) >= 11 is 3.48. The van der Waals surface area contributed by atoms with E-state index in [4.69, 9.17) is 5.26 Å². The molecular formula is C11H11BrN2O2. The molecule has 5 heteroatoms. The Morgan fingerprint density at radius 2 is 2.31 bits per heavy atom.